The molecule has 2 N–H and O–H groups in total. The number of para-hydroxylation sites is 1. The average molecular weight is 431 g/mol. The lowest BCUT2D eigenvalue weighted by atomic mass is 9.97. The number of carbonyl (C=O) groups excluding carboxylic acids is 2. The summed E-state index contributed by atoms with van der Waals surface area (Å²) >= 11 is 0. The molecule has 0 unspecified atom stereocenters. The zero-order valence-electron chi connectivity index (χ0n) is 16.2. The van der Waals surface area contributed by atoms with E-state index in [1.165, 1.54) is 10.4 Å². The minimum atomic E-state index is -4.03. The molecule has 2 aromatic rings. The molecular weight excluding hydrogens is 409 g/mol. The Balaban J connectivity index is 1.45. The number of nitrogens with zero attached hydrogens (tertiary/aromatic N) is 1. The van der Waals surface area contributed by atoms with Crippen LogP contribution < -0.4 is 10.6 Å². The van der Waals surface area contributed by atoms with Crippen LogP contribution in [0.25, 0.3) is 0 Å². The van der Waals surface area contributed by atoms with Crippen LogP contribution in [0.2, 0.25) is 0 Å². The molecule has 0 aromatic heterocycles. The van der Waals surface area contributed by atoms with Gasteiger partial charge in [0.15, 0.2) is 0 Å². The van der Waals surface area contributed by atoms with Gasteiger partial charge in [0.05, 0.1) is 0 Å². The summed E-state index contributed by atoms with van der Waals surface area (Å²) in [6.07, 6.45) is 1.33. The van der Waals surface area contributed by atoms with Crippen molar-refractivity contribution in [3.05, 3.63) is 53.8 Å². The second-order valence-corrected chi connectivity index (χ2v) is 9.43. The number of sulfonamides is 1. The number of carbonyl (C=O) groups is 2. The number of aryl methyl sites for hydroxylation is 1. The second kappa shape index (κ2) is 8.16. The Bertz CT molecular complexity index is 1080. The molecule has 4 rings (SSSR count). The van der Waals surface area contributed by atoms with E-state index in [2.05, 4.69) is 10.6 Å². The van der Waals surface area contributed by atoms with Crippen LogP contribution in [-0.2, 0) is 26.0 Å². The number of piperidine rings is 1. The van der Waals surface area contributed by atoms with E-state index < -0.39 is 15.8 Å². The maximum Gasteiger partial charge on any atom is 0.245 e. The summed E-state index contributed by atoms with van der Waals surface area (Å²) in [4.78, 5) is 23.6. The summed E-state index contributed by atoms with van der Waals surface area (Å²) in [5.41, 5.74) is 1.62. The van der Waals surface area contributed by atoms with Crippen molar-refractivity contribution in [2.45, 2.75) is 30.6 Å². The van der Waals surface area contributed by atoms with Crippen molar-refractivity contribution in [1.82, 2.24) is 4.31 Å². The first-order valence-electron chi connectivity index (χ1n) is 9.83. The molecule has 2 aromatic carbocycles. The summed E-state index contributed by atoms with van der Waals surface area (Å²) in [6, 6.07) is 11.5. The van der Waals surface area contributed by atoms with E-state index in [4.69, 9.17) is 0 Å². The van der Waals surface area contributed by atoms with Gasteiger partial charge in [-0.25, -0.2) is 12.8 Å². The van der Waals surface area contributed by atoms with Crippen LogP contribution >= 0.6 is 0 Å². The zero-order valence-corrected chi connectivity index (χ0v) is 17.0. The Kier molecular flexibility index (Phi) is 5.57. The fraction of sp³-hybridized carbons (Fsp3) is 0.333. The third-order valence-corrected chi connectivity index (χ3v) is 7.45. The van der Waals surface area contributed by atoms with E-state index in [1.54, 1.807) is 12.1 Å². The molecule has 1 saturated heterocycles. The van der Waals surface area contributed by atoms with E-state index in [0.29, 0.717) is 36.2 Å². The SMILES string of the molecule is O=C1CCc2cc(S(=O)(=O)N3CCC(C(=O)Nc4ccccc4)CC3)c(F)cc2N1. The van der Waals surface area contributed by atoms with E-state index in [-0.39, 0.29) is 42.1 Å². The second-order valence-electron chi connectivity index (χ2n) is 7.52. The van der Waals surface area contributed by atoms with Crippen molar-refractivity contribution in [2.75, 3.05) is 23.7 Å². The van der Waals surface area contributed by atoms with E-state index in [1.807, 2.05) is 18.2 Å². The highest BCUT2D eigenvalue weighted by Gasteiger charge is 2.34. The number of halogens is 1. The van der Waals surface area contributed by atoms with Gasteiger partial charge >= 0.3 is 0 Å². The number of anilines is 2. The van der Waals surface area contributed by atoms with Crippen LogP contribution in [0.3, 0.4) is 0 Å². The molecular formula is C21H22FN3O4S. The number of amides is 2. The van der Waals surface area contributed by atoms with Gasteiger partial charge in [0.25, 0.3) is 0 Å². The number of nitrogens with one attached hydrogen (secondary N) is 2. The minimum absolute atomic E-state index is 0.141. The van der Waals surface area contributed by atoms with Crippen LogP contribution in [-0.4, -0.2) is 37.6 Å². The molecule has 2 amide bonds. The Morgan fingerprint density at radius 2 is 1.80 bits per heavy atom. The minimum Gasteiger partial charge on any atom is -0.326 e. The summed E-state index contributed by atoms with van der Waals surface area (Å²) in [6.45, 7) is 0.283. The molecule has 0 saturated carbocycles. The van der Waals surface area contributed by atoms with Gasteiger partial charge < -0.3 is 10.6 Å². The highest BCUT2D eigenvalue weighted by atomic mass is 32.2. The number of fused-ring (bicyclic) bond motifs is 1. The third-order valence-electron chi connectivity index (χ3n) is 5.54. The zero-order chi connectivity index (χ0) is 21.3. The van der Waals surface area contributed by atoms with Crippen LogP contribution in [0.1, 0.15) is 24.8 Å². The number of benzene rings is 2. The van der Waals surface area contributed by atoms with E-state index in [0.717, 1.165) is 6.07 Å². The first-order chi connectivity index (χ1) is 14.3. The number of hydrogen-bond donors (Lipinski definition) is 2. The topological polar surface area (TPSA) is 95.6 Å². The first kappa shape index (κ1) is 20.5. The van der Waals surface area contributed by atoms with Crippen molar-refractivity contribution in [1.29, 1.82) is 0 Å². The average Bonchev–Trinajstić information content (AvgIpc) is 2.74. The summed E-state index contributed by atoms with van der Waals surface area (Å²) in [7, 11) is -4.03. The maximum atomic E-state index is 14.6. The molecule has 0 aliphatic carbocycles. The van der Waals surface area contributed by atoms with Crippen LogP contribution in [0, 0.1) is 11.7 Å². The van der Waals surface area contributed by atoms with Gasteiger partial charge in [-0.05, 0) is 49.1 Å². The van der Waals surface area contributed by atoms with Crippen molar-refractivity contribution >= 4 is 33.2 Å². The molecule has 0 bridgehead atoms. The van der Waals surface area contributed by atoms with E-state index in [9.17, 15) is 22.4 Å². The fourth-order valence-corrected chi connectivity index (χ4v) is 5.41. The Labute approximate surface area is 174 Å². The third kappa shape index (κ3) is 4.08. The quantitative estimate of drug-likeness (QED) is 0.778. The van der Waals surface area contributed by atoms with Crippen LogP contribution in [0.4, 0.5) is 15.8 Å². The molecule has 0 atom stereocenters. The van der Waals surface area contributed by atoms with Gasteiger partial charge in [0.1, 0.15) is 10.7 Å². The van der Waals surface area contributed by atoms with Crippen molar-refractivity contribution in [3.8, 4) is 0 Å². The van der Waals surface area contributed by atoms with Gasteiger partial charge in [0.2, 0.25) is 21.8 Å². The predicted octanol–water partition coefficient (Wildman–Crippen LogP) is 2.75. The molecule has 0 radical (unpaired) electrons. The lowest BCUT2D eigenvalue weighted by Gasteiger charge is -2.31. The lowest BCUT2D eigenvalue weighted by molar-refractivity contribution is -0.121. The Morgan fingerprint density at radius 1 is 1.10 bits per heavy atom. The Hall–Kier alpha value is -2.78. The van der Waals surface area contributed by atoms with Crippen molar-refractivity contribution in [3.63, 3.8) is 0 Å². The molecule has 2 heterocycles. The lowest BCUT2D eigenvalue weighted by Crippen LogP contribution is -2.41. The first-order valence-corrected chi connectivity index (χ1v) is 11.3. The highest BCUT2D eigenvalue weighted by molar-refractivity contribution is 7.89. The monoisotopic (exact) mass is 431 g/mol. The maximum absolute atomic E-state index is 14.6. The van der Waals surface area contributed by atoms with Crippen molar-refractivity contribution < 1.29 is 22.4 Å². The molecule has 2 aliphatic heterocycles. The van der Waals surface area contributed by atoms with Crippen LogP contribution in [0.5, 0.6) is 0 Å². The Morgan fingerprint density at radius 3 is 2.50 bits per heavy atom. The molecule has 2 aliphatic rings. The summed E-state index contributed by atoms with van der Waals surface area (Å²) in [5.74, 6) is -1.55. The number of rotatable bonds is 4. The largest absolute Gasteiger partial charge is 0.326 e. The standard InChI is InChI=1S/C21H22FN3O4S/c22-17-13-18-15(6-7-20(26)24-18)12-19(17)30(28,29)25-10-8-14(9-11-25)21(27)23-16-4-2-1-3-5-16/h1-5,12-14H,6-11H2,(H,23,27)(H,24,26). The molecule has 7 nitrogen and oxygen atoms in total. The van der Waals surface area contributed by atoms with Crippen molar-refractivity contribution in [2.24, 2.45) is 5.92 Å². The van der Waals surface area contributed by atoms with Crippen LogP contribution in [0.15, 0.2) is 47.4 Å². The fourth-order valence-electron chi connectivity index (χ4n) is 3.84. The normalized spacial score (nSPS) is 17.8. The summed E-state index contributed by atoms with van der Waals surface area (Å²) in [5, 5.41) is 5.41. The van der Waals surface area contributed by atoms with Gasteiger partial charge in [-0.15, -0.1) is 0 Å². The van der Waals surface area contributed by atoms with Gasteiger partial charge in [0, 0.05) is 36.8 Å². The predicted molar refractivity (Wildman–Crippen MR) is 110 cm³/mol. The molecule has 158 valence electrons. The molecule has 9 heteroatoms. The molecule has 30 heavy (non-hydrogen) atoms. The smallest absolute Gasteiger partial charge is 0.245 e. The molecule has 0 spiro atoms. The van der Waals surface area contributed by atoms with Gasteiger partial charge in [-0.2, -0.15) is 4.31 Å². The van der Waals surface area contributed by atoms with Gasteiger partial charge in [-0.1, -0.05) is 18.2 Å². The molecule has 1 fully saturated rings. The van der Waals surface area contributed by atoms with Gasteiger partial charge in [-0.3, -0.25) is 9.59 Å². The van der Waals surface area contributed by atoms with E-state index >= 15 is 0 Å². The summed E-state index contributed by atoms with van der Waals surface area (Å²) < 4.78 is 41.9. The number of hydrogen-bond acceptors (Lipinski definition) is 4. The highest BCUT2D eigenvalue weighted by Crippen LogP contribution is 2.31.